The lowest BCUT2D eigenvalue weighted by Gasteiger charge is -2.10. The summed E-state index contributed by atoms with van der Waals surface area (Å²) >= 11 is 6.55. The molecule has 8 heteroatoms. The molecule has 0 unspecified atom stereocenters. The molecule has 6 aromatic rings. The normalized spacial score (nSPS) is 13.2. The van der Waals surface area contributed by atoms with Crippen molar-refractivity contribution in [1.29, 1.82) is 0 Å². The smallest absolute Gasteiger partial charge is 0.362 e. The van der Waals surface area contributed by atoms with Crippen LogP contribution in [0.15, 0.2) is 63.9 Å². The topological polar surface area (TPSA) is 70.2 Å². The van der Waals surface area contributed by atoms with Crippen molar-refractivity contribution in [1.82, 2.24) is 14.5 Å². The molecule has 0 aliphatic carbocycles. The zero-order chi connectivity index (χ0) is 23.0. The van der Waals surface area contributed by atoms with Gasteiger partial charge in [-0.25, -0.2) is 19.2 Å². The summed E-state index contributed by atoms with van der Waals surface area (Å²) in [5.74, 6) is 0.107. The number of ether oxygens (including phenoxy) is 1. The van der Waals surface area contributed by atoms with Gasteiger partial charge in [0.2, 0.25) is 5.71 Å². The van der Waals surface area contributed by atoms with Crippen LogP contribution in [0.2, 0.25) is 5.15 Å². The number of fused-ring (bicyclic) bond motifs is 8. The third-order valence-electron chi connectivity index (χ3n) is 6.46. The highest BCUT2D eigenvalue weighted by atomic mass is 35.5. The van der Waals surface area contributed by atoms with Crippen LogP contribution in [-0.2, 0) is 13.0 Å². The molecule has 2 aromatic carbocycles. The second kappa shape index (κ2) is 7.01. The highest BCUT2D eigenvalue weighted by molar-refractivity contribution is 6.30. The standard InChI is InChI=1S/C26H15ClFN3O3/c27-24-14(10-13-4-1-2-6-18(13)30-24)12-31-19-11-17(28)15-7-9-33-23(15)21(19)20-16-5-3-8-29-25(16)34-26(32)22(20)31/h1-6,8,10-11H,7,9,12H2. The number of aromatic nitrogens is 3. The van der Waals surface area contributed by atoms with Crippen molar-refractivity contribution in [2.24, 2.45) is 0 Å². The molecule has 0 spiro atoms. The number of hydrogen-bond acceptors (Lipinski definition) is 5. The molecule has 0 amide bonds. The third kappa shape index (κ3) is 2.64. The first-order valence-electron chi connectivity index (χ1n) is 10.8. The first-order chi connectivity index (χ1) is 16.6. The molecule has 0 radical (unpaired) electrons. The minimum Gasteiger partial charge on any atom is -0.492 e. The van der Waals surface area contributed by atoms with Crippen LogP contribution >= 0.6 is 11.6 Å². The fourth-order valence-electron chi connectivity index (χ4n) is 4.99. The maximum absolute atomic E-state index is 15.1. The van der Waals surface area contributed by atoms with E-state index in [1.165, 1.54) is 6.07 Å². The van der Waals surface area contributed by atoms with Crippen LogP contribution in [0.3, 0.4) is 0 Å². The molecule has 0 fully saturated rings. The maximum Gasteiger partial charge on any atom is 0.362 e. The molecule has 0 saturated heterocycles. The average Bonchev–Trinajstić information content (AvgIpc) is 3.44. The van der Waals surface area contributed by atoms with Crippen LogP contribution in [0, 0.1) is 5.82 Å². The molecule has 1 aliphatic rings. The van der Waals surface area contributed by atoms with E-state index in [2.05, 4.69) is 9.97 Å². The lowest BCUT2D eigenvalue weighted by molar-refractivity contribution is 0.360. The monoisotopic (exact) mass is 471 g/mol. The van der Waals surface area contributed by atoms with Crippen molar-refractivity contribution in [3.8, 4) is 5.75 Å². The lowest BCUT2D eigenvalue weighted by Crippen LogP contribution is -2.09. The van der Waals surface area contributed by atoms with Crippen molar-refractivity contribution in [3.05, 3.63) is 87.2 Å². The van der Waals surface area contributed by atoms with Gasteiger partial charge in [0.25, 0.3) is 0 Å². The summed E-state index contributed by atoms with van der Waals surface area (Å²) in [5.41, 5.74) is 2.49. The Kier molecular flexibility index (Phi) is 4.02. The van der Waals surface area contributed by atoms with Gasteiger partial charge >= 0.3 is 5.63 Å². The van der Waals surface area contributed by atoms with Crippen molar-refractivity contribution in [3.63, 3.8) is 0 Å². The molecule has 4 aromatic heterocycles. The summed E-state index contributed by atoms with van der Waals surface area (Å²) in [4.78, 5) is 22.0. The van der Waals surface area contributed by atoms with Gasteiger partial charge in [-0.05, 0) is 30.3 Å². The van der Waals surface area contributed by atoms with Crippen molar-refractivity contribution < 1.29 is 13.5 Å². The molecule has 0 atom stereocenters. The lowest BCUT2D eigenvalue weighted by atomic mass is 10.1. The summed E-state index contributed by atoms with van der Waals surface area (Å²) in [6.07, 6.45) is 2.04. The van der Waals surface area contributed by atoms with E-state index in [0.29, 0.717) is 62.2 Å². The molecule has 6 nitrogen and oxygen atoms in total. The number of hydrogen-bond donors (Lipinski definition) is 0. The van der Waals surface area contributed by atoms with Crippen LogP contribution in [0.1, 0.15) is 11.1 Å². The van der Waals surface area contributed by atoms with Gasteiger partial charge in [0.05, 0.1) is 29.6 Å². The van der Waals surface area contributed by atoms with E-state index in [4.69, 9.17) is 20.8 Å². The van der Waals surface area contributed by atoms with Gasteiger partial charge in [-0.3, -0.25) is 0 Å². The molecule has 0 bridgehead atoms. The van der Waals surface area contributed by atoms with E-state index in [1.807, 2.05) is 36.4 Å². The first kappa shape index (κ1) is 19.5. The summed E-state index contributed by atoms with van der Waals surface area (Å²) < 4.78 is 28.3. The SMILES string of the molecule is O=c1oc2ncccc2c2c3c4c(c(F)cc3n(Cc3cc5ccccc5nc3Cl)c12)CCO4. The largest absolute Gasteiger partial charge is 0.492 e. The Hall–Kier alpha value is -3.97. The molecule has 1 aliphatic heterocycles. The summed E-state index contributed by atoms with van der Waals surface area (Å²) in [6, 6.07) is 14.7. The molecule has 5 heterocycles. The number of pyridine rings is 2. The second-order valence-electron chi connectivity index (χ2n) is 8.35. The van der Waals surface area contributed by atoms with Crippen LogP contribution in [-0.4, -0.2) is 21.1 Å². The highest BCUT2D eigenvalue weighted by Gasteiger charge is 2.28. The van der Waals surface area contributed by atoms with Gasteiger partial charge in [0.1, 0.15) is 22.2 Å². The van der Waals surface area contributed by atoms with Crippen LogP contribution in [0.25, 0.3) is 43.8 Å². The quantitative estimate of drug-likeness (QED) is 0.306. The highest BCUT2D eigenvalue weighted by Crippen LogP contribution is 2.43. The predicted molar refractivity (Wildman–Crippen MR) is 128 cm³/mol. The number of benzene rings is 2. The minimum atomic E-state index is -0.561. The third-order valence-corrected chi connectivity index (χ3v) is 6.78. The Labute approximate surface area is 196 Å². The Morgan fingerprint density at radius 1 is 1.12 bits per heavy atom. The van der Waals surface area contributed by atoms with Crippen LogP contribution in [0.5, 0.6) is 5.75 Å². The number of nitrogens with zero attached hydrogens (tertiary/aromatic N) is 3. The van der Waals surface area contributed by atoms with E-state index in [-0.39, 0.29) is 18.1 Å². The van der Waals surface area contributed by atoms with E-state index in [9.17, 15) is 4.79 Å². The van der Waals surface area contributed by atoms with E-state index < -0.39 is 5.63 Å². The van der Waals surface area contributed by atoms with Crippen LogP contribution in [0.4, 0.5) is 4.39 Å². The van der Waals surface area contributed by atoms with Gasteiger partial charge in [-0.2, -0.15) is 0 Å². The molecule has 7 rings (SSSR count). The summed E-state index contributed by atoms with van der Waals surface area (Å²) in [5, 5.41) is 3.21. The van der Waals surface area contributed by atoms with Gasteiger partial charge in [0, 0.05) is 39.9 Å². The Morgan fingerprint density at radius 2 is 2.00 bits per heavy atom. The molecule has 0 saturated carbocycles. The van der Waals surface area contributed by atoms with Gasteiger partial charge in [-0.15, -0.1) is 0 Å². The maximum atomic E-state index is 15.1. The zero-order valence-electron chi connectivity index (χ0n) is 17.6. The van der Waals surface area contributed by atoms with E-state index in [0.717, 1.165) is 10.9 Å². The molecule has 166 valence electrons. The zero-order valence-corrected chi connectivity index (χ0v) is 18.4. The number of halogens is 2. The van der Waals surface area contributed by atoms with Gasteiger partial charge < -0.3 is 13.7 Å². The Morgan fingerprint density at radius 3 is 2.91 bits per heavy atom. The fraction of sp³-hybridized carbons (Fsp3) is 0.115. The summed E-state index contributed by atoms with van der Waals surface area (Å²) in [7, 11) is 0. The second-order valence-corrected chi connectivity index (χ2v) is 8.70. The molecular formula is C26H15ClFN3O3. The number of para-hydroxylation sites is 1. The molecule has 0 N–H and O–H groups in total. The van der Waals surface area contributed by atoms with E-state index in [1.54, 1.807) is 16.8 Å². The van der Waals surface area contributed by atoms with Crippen molar-refractivity contribution >= 4 is 55.4 Å². The van der Waals surface area contributed by atoms with Gasteiger partial charge in [0.15, 0.2) is 0 Å². The minimum absolute atomic E-state index is 0.200. The average molecular weight is 472 g/mol. The Bertz CT molecular complexity index is 1880. The van der Waals surface area contributed by atoms with E-state index >= 15 is 4.39 Å². The van der Waals surface area contributed by atoms with Crippen molar-refractivity contribution in [2.75, 3.05) is 6.61 Å². The number of rotatable bonds is 2. The molecular weight excluding hydrogens is 457 g/mol. The fourth-order valence-corrected chi connectivity index (χ4v) is 5.19. The van der Waals surface area contributed by atoms with Crippen LogP contribution < -0.4 is 10.4 Å². The molecule has 34 heavy (non-hydrogen) atoms. The van der Waals surface area contributed by atoms with Gasteiger partial charge in [-0.1, -0.05) is 29.8 Å². The van der Waals surface area contributed by atoms with Crippen molar-refractivity contribution in [2.45, 2.75) is 13.0 Å². The Balaban J connectivity index is 1.62. The summed E-state index contributed by atoms with van der Waals surface area (Å²) in [6.45, 7) is 0.585. The first-order valence-corrected chi connectivity index (χ1v) is 11.2. The predicted octanol–water partition coefficient (Wildman–Crippen LogP) is 5.62.